The number of unbranched alkanes of at least 4 members (excludes halogenated alkanes) is 1. The number of aliphatic imine (C=N–C) groups is 1. The van der Waals surface area contributed by atoms with E-state index in [4.69, 9.17) is 14.5 Å². The largest absolute Gasteiger partial charge is 0.379 e. The molecule has 1 N–H and O–H groups in total. The highest BCUT2D eigenvalue weighted by Crippen LogP contribution is 2.25. The van der Waals surface area contributed by atoms with Crippen LogP contribution in [0.4, 0.5) is 0 Å². The van der Waals surface area contributed by atoms with Gasteiger partial charge in [0.25, 0.3) is 0 Å². The Kier molecular flexibility index (Phi) is 8.58. The molecule has 28 heavy (non-hydrogen) atoms. The number of nitrogens with zero attached hydrogens (tertiary/aromatic N) is 3. The van der Waals surface area contributed by atoms with Crippen LogP contribution in [0.15, 0.2) is 29.3 Å². The SMILES string of the molecule is CCNC(=NCCCCN1CCOCC1)N1CCOC(c2ccccc2C)C1. The molecule has 156 valence electrons. The van der Waals surface area contributed by atoms with E-state index in [2.05, 4.69) is 53.2 Å². The maximum Gasteiger partial charge on any atom is 0.194 e. The number of aryl methyl sites for hydroxylation is 1. The molecule has 0 bridgehead atoms. The second kappa shape index (κ2) is 11.4. The first-order valence-corrected chi connectivity index (χ1v) is 10.8. The number of guanidine groups is 1. The third-order valence-corrected chi connectivity index (χ3v) is 5.48. The molecule has 0 aliphatic carbocycles. The average Bonchev–Trinajstić information content (AvgIpc) is 2.74. The van der Waals surface area contributed by atoms with Crippen molar-refractivity contribution in [3.63, 3.8) is 0 Å². The van der Waals surface area contributed by atoms with Gasteiger partial charge in [-0.1, -0.05) is 24.3 Å². The molecular formula is C22H36N4O2. The van der Waals surface area contributed by atoms with E-state index in [-0.39, 0.29) is 6.10 Å². The molecule has 2 aliphatic heterocycles. The molecule has 0 spiro atoms. The highest BCUT2D eigenvalue weighted by atomic mass is 16.5. The van der Waals surface area contributed by atoms with Gasteiger partial charge in [0.05, 0.1) is 26.4 Å². The topological polar surface area (TPSA) is 49.3 Å². The minimum Gasteiger partial charge on any atom is -0.379 e. The van der Waals surface area contributed by atoms with Crippen molar-refractivity contribution >= 4 is 5.96 Å². The van der Waals surface area contributed by atoms with Gasteiger partial charge in [0.1, 0.15) is 6.10 Å². The zero-order valence-corrected chi connectivity index (χ0v) is 17.5. The van der Waals surface area contributed by atoms with Crippen LogP contribution in [0.3, 0.4) is 0 Å². The number of hydrogen-bond donors (Lipinski definition) is 1. The van der Waals surface area contributed by atoms with Crippen molar-refractivity contribution < 1.29 is 9.47 Å². The molecule has 6 nitrogen and oxygen atoms in total. The van der Waals surface area contributed by atoms with Crippen LogP contribution < -0.4 is 5.32 Å². The van der Waals surface area contributed by atoms with Gasteiger partial charge in [-0.3, -0.25) is 9.89 Å². The van der Waals surface area contributed by atoms with Gasteiger partial charge in [-0.05, 0) is 44.4 Å². The van der Waals surface area contributed by atoms with Crippen molar-refractivity contribution in [3.8, 4) is 0 Å². The molecule has 1 unspecified atom stereocenters. The predicted molar refractivity (Wildman–Crippen MR) is 114 cm³/mol. The van der Waals surface area contributed by atoms with Crippen molar-refractivity contribution in [1.82, 2.24) is 15.1 Å². The van der Waals surface area contributed by atoms with Gasteiger partial charge in [-0.2, -0.15) is 0 Å². The first-order chi connectivity index (χ1) is 13.8. The standard InChI is InChI=1S/C22H36N4O2/c1-3-23-22(24-10-6-7-11-25-12-15-27-16-13-25)26-14-17-28-21(18-26)20-9-5-4-8-19(20)2/h4-5,8-9,21H,3,6-7,10-18H2,1-2H3,(H,23,24). The molecule has 2 heterocycles. The first kappa shape index (κ1) is 21.1. The summed E-state index contributed by atoms with van der Waals surface area (Å²) in [7, 11) is 0. The Morgan fingerprint density at radius 3 is 2.75 bits per heavy atom. The van der Waals surface area contributed by atoms with Crippen LogP contribution in [0.25, 0.3) is 0 Å². The molecule has 2 saturated heterocycles. The lowest BCUT2D eigenvalue weighted by molar-refractivity contribution is -0.00833. The van der Waals surface area contributed by atoms with E-state index >= 15 is 0 Å². The van der Waals surface area contributed by atoms with E-state index in [9.17, 15) is 0 Å². The third-order valence-electron chi connectivity index (χ3n) is 5.48. The fourth-order valence-electron chi connectivity index (χ4n) is 3.86. The highest BCUT2D eigenvalue weighted by Gasteiger charge is 2.25. The van der Waals surface area contributed by atoms with Gasteiger partial charge >= 0.3 is 0 Å². The van der Waals surface area contributed by atoms with Crippen LogP contribution in [-0.4, -0.2) is 81.4 Å². The van der Waals surface area contributed by atoms with Crippen molar-refractivity contribution in [1.29, 1.82) is 0 Å². The molecule has 2 aliphatic rings. The van der Waals surface area contributed by atoms with E-state index in [1.165, 1.54) is 17.5 Å². The molecule has 1 aromatic carbocycles. The summed E-state index contributed by atoms with van der Waals surface area (Å²) in [6, 6.07) is 8.52. The summed E-state index contributed by atoms with van der Waals surface area (Å²) in [5, 5.41) is 3.47. The number of hydrogen-bond acceptors (Lipinski definition) is 4. The van der Waals surface area contributed by atoms with Crippen LogP contribution in [0, 0.1) is 6.92 Å². The minimum absolute atomic E-state index is 0.111. The molecule has 0 saturated carbocycles. The second-order valence-corrected chi connectivity index (χ2v) is 7.56. The zero-order valence-electron chi connectivity index (χ0n) is 17.5. The third kappa shape index (κ3) is 6.19. The zero-order chi connectivity index (χ0) is 19.6. The lowest BCUT2D eigenvalue weighted by atomic mass is 10.0. The van der Waals surface area contributed by atoms with Crippen molar-refractivity contribution in [2.24, 2.45) is 4.99 Å². The van der Waals surface area contributed by atoms with Crippen LogP contribution in [0.2, 0.25) is 0 Å². The second-order valence-electron chi connectivity index (χ2n) is 7.56. The minimum atomic E-state index is 0.111. The van der Waals surface area contributed by atoms with E-state index in [1.807, 2.05) is 0 Å². The maximum atomic E-state index is 6.07. The number of nitrogens with one attached hydrogen (secondary N) is 1. The number of benzene rings is 1. The fraction of sp³-hybridized carbons (Fsp3) is 0.682. The van der Waals surface area contributed by atoms with Crippen LogP contribution in [-0.2, 0) is 9.47 Å². The number of ether oxygens (including phenoxy) is 2. The van der Waals surface area contributed by atoms with Crippen molar-refractivity contribution in [2.75, 3.05) is 65.6 Å². The quantitative estimate of drug-likeness (QED) is 0.442. The fourth-order valence-corrected chi connectivity index (χ4v) is 3.86. The van der Waals surface area contributed by atoms with Gasteiger partial charge in [0.2, 0.25) is 0 Å². The Bertz CT molecular complexity index is 616. The summed E-state index contributed by atoms with van der Waals surface area (Å²) < 4.78 is 11.5. The Labute approximate surface area is 169 Å². The lowest BCUT2D eigenvalue weighted by Gasteiger charge is -2.35. The molecule has 0 radical (unpaired) electrons. The van der Waals surface area contributed by atoms with E-state index in [0.29, 0.717) is 0 Å². The molecule has 0 amide bonds. The van der Waals surface area contributed by atoms with Crippen LogP contribution in [0.5, 0.6) is 0 Å². The molecule has 1 aromatic rings. The van der Waals surface area contributed by atoms with Gasteiger partial charge < -0.3 is 19.7 Å². The smallest absolute Gasteiger partial charge is 0.194 e. The van der Waals surface area contributed by atoms with Gasteiger partial charge in [-0.15, -0.1) is 0 Å². The summed E-state index contributed by atoms with van der Waals surface area (Å²) in [4.78, 5) is 9.75. The Hall–Kier alpha value is -1.63. The molecular weight excluding hydrogens is 352 g/mol. The van der Waals surface area contributed by atoms with E-state index in [0.717, 1.165) is 78.0 Å². The maximum absolute atomic E-state index is 6.07. The monoisotopic (exact) mass is 388 g/mol. The first-order valence-electron chi connectivity index (χ1n) is 10.8. The van der Waals surface area contributed by atoms with Crippen LogP contribution in [0.1, 0.15) is 37.0 Å². The average molecular weight is 389 g/mol. The van der Waals surface area contributed by atoms with Gasteiger partial charge in [-0.25, -0.2) is 0 Å². The Morgan fingerprint density at radius 2 is 1.96 bits per heavy atom. The lowest BCUT2D eigenvalue weighted by Crippen LogP contribution is -2.48. The normalized spacial score (nSPS) is 21.7. The van der Waals surface area contributed by atoms with Crippen molar-refractivity contribution in [3.05, 3.63) is 35.4 Å². The molecule has 1 atom stereocenters. The summed E-state index contributed by atoms with van der Waals surface area (Å²) in [5.41, 5.74) is 2.58. The van der Waals surface area contributed by atoms with Crippen molar-refractivity contribution in [2.45, 2.75) is 32.8 Å². The number of rotatable bonds is 7. The molecule has 0 aromatic heterocycles. The molecule has 2 fully saturated rings. The number of morpholine rings is 2. The summed E-state index contributed by atoms with van der Waals surface area (Å²) >= 11 is 0. The predicted octanol–water partition coefficient (Wildman–Crippen LogP) is 2.45. The van der Waals surface area contributed by atoms with Gasteiger partial charge in [0.15, 0.2) is 5.96 Å². The van der Waals surface area contributed by atoms with Crippen LogP contribution >= 0.6 is 0 Å². The Balaban J connectivity index is 1.50. The molecule has 3 rings (SSSR count). The highest BCUT2D eigenvalue weighted by molar-refractivity contribution is 5.80. The summed E-state index contributed by atoms with van der Waals surface area (Å²) in [6.45, 7) is 13.6. The summed E-state index contributed by atoms with van der Waals surface area (Å²) in [6.07, 6.45) is 2.43. The van der Waals surface area contributed by atoms with Gasteiger partial charge in [0, 0.05) is 32.7 Å². The summed E-state index contributed by atoms with van der Waals surface area (Å²) in [5.74, 6) is 1.02. The molecule has 6 heteroatoms. The van der Waals surface area contributed by atoms with E-state index in [1.54, 1.807) is 0 Å². The Morgan fingerprint density at radius 1 is 1.14 bits per heavy atom. The van der Waals surface area contributed by atoms with E-state index < -0.39 is 0 Å².